The molecule has 6 radical (unpaired) electrons. The quantitative estimate of drug-likeness (QED) is 0.233. The Kier molecular flexibility index (Phi) is 476. The minimum absolute atomic E-state index is 0. The van der Waals surface area contributed by atoms with E-state index in [1.54, 1.807) is 0 Å². The Balaban J connectivity index is 0. The maximum atomic E-state index is 0. The van der Waals surface area contributed by atoms with Crippen molar-refractivity contribution >= 4 is 150 Å². The summed E-state index contributed by atoms with van der Waals surface area (Å²) in [5, 5.41) is 0. The molecule has 9 heteroatoms. The molecule has 0 N–H and O–H groups in total. The first-order chi connectivity index (χ1) is 0. The zero-order chi connectivity index (χ0) is 0. The standard InChI is InChI=1S/2Ba.2Bi.2La.3O.4H/q;;2*+3;;;3*-2;;;;. The summed E-state index contributed by atoms with van der Waals surface area (Å²) in [6, 6.07) is 0. The number of hydrogen-bond donors (Lipinski definition) is 0. The molecule has 0 saturated heterocycles. The molecule has 42 valence electrons. The molecule has 0 unspecified atom stereocenters. The van der Waals surface area contributed by atoms with Crippen molar-refractivity contribution in [3.05, 3.63) is 0 Å². The van der Waals surface area contributed by atoms with E-state index in [1.165, 1.54) is 0 Å². The average molecular weight is 1020 g/mol. The molecule has 0 aliphatic rings. The van der Waals surface area contributed by atoms with E-state index in [0.29, 0.717) is 0 Å². The first-order valence-electron chi connectivity index (χ1n) is 0. The molecule has 0 bridgehead atoms. The van der Waals surface area contributed by atoms with Crippen LogP contribution in [0.15, 0.2) is 0 Å². The van der Waals surface area contributed by atoms with Gasteiger partial charge in [-0.1, -0.05) is 0 Å². The van der Waals surface area contributed by atoms with E-state index in [4.69, 9.17) is 0 Å². The van der Waals surface area contributed by atoms with Crippen LogP contribution in [-0.2, 0) is 16.4 Å². The maximum absolute atomic E-state index is 0. The van der Waals surface area contributed by atoms with E-state index >= 15 is 0 Å². The molecule has 0 saturated carbocycles. The van der Waals surface area contributed by atoms with E-state index in [9.17, 15) is 0 Å². The van der Waals surface area contributed by atoms with Crippen LogP contribution < -0.4 is 0 Å². The van der Waals surface area contributed by atoms with Crippen LogP contribution >= 0.6 is 0 Å². The fraction of sp³-hybridized carbons (Fsp3) is 0. The minimum atomic E-state index is 0. The summed E-state index contributed by atoms with van der Waals surface area (Å²) in [5.74, 6) is 0. The maximum Gasteiger partial charge on any atom is 3.00 e. The zero-order valence-electron chi connectivity index (χ0n) is 3.27. The normalized spacial score (nSPS) is 0. The van der Waals surface area contributed by atoms with Gasteiger partial charge in [-0.25, -0.2) is 0 Å². The number of hydrogen-bond acceptors (Lipinski definition) is 0. The van der Waals surface area contributed by atoms with Crippen LogP contribution in [0.1, 0.15) is 0 Å². The summed E-state index contributed by atoms with van der Waals surface area (Å²) >= 11 is 0. The molecule has 0 rings (SSSR count). The molecule has 0 aliphatic heterocycles. The van der Waals surface area contributed by atoms with Gasteiger partial charge in [-0.15, -0.1) is 0 Å². The topological polar surface area (TPSA) is 85.5 Å². The van der Waals surface area contributed by atoms with Gasteiger partial charge < -0.3 is 16.4 Å². The van der Waals surface area contributed by atoms with Crippen molar-refractivity contribution in [3.8, 4) is 0 Å². The molecule has 0 atom stereocenters. The summed E-state index contributed by atoms with van der Waals surface area (Å²) in [6.45, 7) is 0. The van der Waals surface area contributed by atoms with Gasteiger partial charge in [0.15, 0.2) is 0 Å². The molecule has 0 fully saturated rings. The van der Waals surface area contributed by atoms with Crippen LogP contribution in [0.3, 0.4) is 0 Å². The predicted octanol–water partition coefficient (Wildman–Crippen LogP) is -2.95. The third kappa shape index (κ3) is 51.2. The van der Waals surface area contributed by atoms with Gasteiger partial charge in [-0.2, -0.15) is 0 Å². The summed E-state index contributed by atoms with van der Waals surface area (Å²) in [7, 11) is 0. The van der Waals surface area contributed by atoms with Gasteiger partial charge in [0.1, 0.15) is 0 Å². The van der Waals surface area contributed by atoms with Crippen molar-refractivity contribution in [1.82, 2.24) is 0 Å². The predicted molar refractivity (Wildman–Crippen MR) is 30.7 cm³/mol. The van der Waals surface area contributed by atoms with Gasteiger partial charge in [-0.3, -0.25) is 0 Å². The van der Waals surface area contributed by atoms with Crippen molar-refractivity contribution in [1.29, 1.82) is 0 Å². The first-order valence-corrected chi connectivity index (χ1v) is 0. The van der Waals surface area contributed by atoms with E-state index < -0.39 is 0 Å². The van der Waals surface area contributed by atoms with Crippen LogP contribution in [0.4, 0.5) is 0 Å². The SMILES string of the molecule is [BaH2].[BaH2].[Bi+3].[Bi+3].[La].[La].[O-2].[O-2].[O-2]. The van der Waals surface area contributed by atoms with E-state index in [-0.39, 0.29) is 238 Å². The molecular weight excluding hydrogens is 1020 g/mol. The van der Waals surface area contributed by atoms with E-state index in [1.807, 2.05) is 0 Å². The molecule has 0 heterocycles. The van der Waals surface area contributed by atoms with Gasteiger partial charge in [0.05, 0.1) is 0 Å². The Morgan fingerprint density at radius 3 is 0.444 bits per heavy atom. The Labute approximate surface area is 230 Å². The Hall–Kier alpha value is 7.18. The van der Waals surface area contributed by atoms with Gasteiger partial charge in [0, 0.05) is 71.2 Å². The summed E-state index contributed by atoms with van der Waals surface area (Å²) < 4.78 is 0. The second kappa shape index (κ2) is 59.2. The molecule has 3 nitrogen and oxygen atoms in total. The van der Waals surface area contributed by atoms with Crippen LogP contribution in [0, 0.1) is 71.2 Å². The van der Waals surface area contributed by atoms with Crippen molar-refractivity contribution in [2.75, 3.05) is 0 Å². The van der Waals surface area contributed by atoms with Gasteiger partial charge >= 0.3 is 150 Å². The Morgan fingerprint density at radius 1 is 0.444 bits per heavy atom. The number of rotatable bonds is 0. The fourth-order valence-corrected chi connectivity index (χ4v) is 0. The summed E-state index contributed by atoms with van der Waals surface area (Å²) in [6.07, 6.45) is 0. The van der Waals surface area contributed by atoms with Crippen LogP contribution in [0.2, 0.25) is 0 Å². The van der Waals surface area contributed by atoms with Crippen LogP contribution in [-0.4, -0.2) is 150 Å². The van der Waals surface area contributed by atoms with Gasteiger partial charge in [0.2, 0.25) is 0 Å². The first kappa shape index (κ1) is 72.3. The van der Waals surface area contributed by atoms with Crippen molar-refractivity contribution in [2.45, 2.75) is 0 Å². The van der Waals surface area contributed by atoms with Crippen LogP contribution in [0.5, 0.6) is 0 Å². The summed E-state index contributed by atoms with van der Waals surface area (Å²) in [5.41, 5.74) is 0. The van der Waals surface area contributed by atoms with Gasteiger partial charge in [0.25, 0.3) is 0 Å². The zero-order valence-corrected chi connectivity index (χ0v) is 17.5. The third-order valence-corrected chi connectivity index (χ3v) is 0. The van der Waals surface area contributed by atoms with Crippen molar-refractivity contribution in [2.24, 2.45) is 0 Å². The summed E-state index contributed by atoms with van der Waals surface area (Å²) in [4.78, 5) is 0. The second-order valence-corrected chi connectivity index (χ2v) is 0. The van der Waals surface area contributed by atoms with Crippen molar-refractivity contribution in [3.63, 3.8) is 0 Å². The van der Waals surface area contributed by atoms with E-state index in [0.717, 1.165) is 0 Å². The van der Waals surface area contributed by atoms with Gasteiger partial charge in [-0.05, 0) is 0 Å². The van der Waals surface area contributed by atoms with Crippen LogP contribution in [0.25, 0.3) is 0 Å². The van der Waals surface area contributed by atoms with Crippen molar-refractivity contribution < 1.29 is 87.6 Å². The molecule has 0 aliphatic carbocycles. The molecule has 0 spiro atoms. The molecule has 9 heavy (non-hydrogen) atoms. The fourth-order valence-electron chi connectivity index (χ4n) is 0. The second-order valence-electron chi connectivity index (χ2n) is 0. The monoisotopic (exact) mass is 1020 g/mol. The molecule has 0 aromatic heterocycles. The Bertz CT molecular complexity index is 17.8. The van der Waals surface area contributed by atoms with E-state index in [2.05, 4.69) is 0 Å². The molecule has 0 aromatic rings. The largest absolute Gasteiger partial charge is 3.00 e. The average Bonchev–Trinajstić information content (AvgIpc) is 0. The molecular formula is H4Ba2Bi2La2O3. The molecule has 0 aromatic carbocycles. The molecule has 0 amide bonds. The minimum Gasteiger partial charge on any atom is -2.00 e. The third-order valence-electron chi connectivity index (χ3n) is 0. The smallest absolute Gasteiger partial charge is 2.00 e. The Morgan fingerprint density at radius 2 is 0.444 bits per heavy atom.